The molecule has 2 nitrogen and oxygen atoms in total. The molecular formula is C10H15NOS2. The van der Waals surface area contributed by atoms with Gasteiger partial charge in [-0.3, -0.25) is 0 Å². The molecule has 0 bridgehead atoms. The molecule has 1 fully saturated rings. The van der Waals surface area contributed by atoms with E-state index in [-0.39, 0.29) is 0 Å². The molecular weight excluding hydrogens is 214 g/mol. The van der Waals surface area contributed by atoms with E-state index < -0.39 is 5.60 Å². The van der Waals surface area contributed by atoms with Crippen LogP contribution in [0.25, 0.3) is 0 Å². The maximum atomic E-state index is 10.2. The lowest BCUT2D eigenvalue weighted by atomic mass is 9.95. The Labute approximate surface area is 92.7 Å². The molecule has 0 radical (unpaired) electrons. The highest BCUT2D eigenvalue weighted by Crippen LogP contribution is 2.30. The van der Waals surface area contributed by atoms with E-state index in [0.29, 0.717) is 0 Å². The van der Waals surface area contributed by atoms with Crippen LogP contribution in [0.5, 0.6) is 0 Å². The Balaban J connectivity index is 1.84. The highest BCUT2D eigenvalue weighted by Gasteiger charge is 2.28. The molecule has 1 aromatic heterocycles. The van der Waals surface area contributed by atoms with Crippen molar-refractivity contribution in [1.29, 1.82) is 0 Å². The number of nitrogens with one attached hydrogen (secondary N) is 1. The molecule has 0 aliphatic carbocycles. The standard InChI is InChI=1S/C10H15NOS2/c12-10(3-5-11-6-4-10)8-14-9-2-1-7-13-9/h1-2,7,11-12H,3-6,8H2. The van der Waals surface area contributed by atoms with Crippen LogP contribution in [0.15, 0.2) is 21.7 Å². The van der Waals surface area contributed by atoms with Gasteiger partial charge < -0.3 is 10.4 Å². The van der Waals surface area contributed by atoms with Gasteiger partial charge in [-0.25, -0.2) is 0 Å². The van der Waals surface area contributed by atoms with Crippen LogP contribution in [0, 0.1) is 0 Å². The van der Waals surface area contributed by atoms with Crippen molar-refractivity contribution in [1.82, 2.24) is 5.32 Å². The van der Waals surface area contributed by atoms with E-state index in [2.05, 4.69) is 22.8 Å². The van der Waals surface area contributed by atoms with E-state index in [1.165, 1.54) is 4.21 Å². The molecule has 0 atom stereocenters. The molecule has 0 unspecified atom stereocenters. The zero-order valence-electron chi connectivity index (χ0n) is 8.03. The molecule has 0 aromatic carbocycles. The van der Waals surface area contributed by atoms with Crippen LogP contribution in [0.4, 0.5) is 0 Å². The molecule has 78 valence electrons. The summed E-state index contributed by atoms with van der Waals surface area (Å²) in [6.45, 7) is 1.89. The Kier molecular flexibility index (Phi) is 3.49. The largest absolute Gasteiger partial charge is 0.389 e. The lowest BCUT2D eigenvalue weighted by molar-refractivity contribution is 0.0339. The second-order valence-corrected chi connectivity index (χ2v) is 5.92. The number of thioether (sulfide) groups is 1. The van der Waals surface area contributed by atoms with Gasteiger partial charge in [0, 0.05) is 5.75 Å². The van der Waals surface area contributed by atoms with Crippen LogP contribution in [0.3, 0.4) is 0 Å². The minimum absolute atomic E-state index is 0.445. The molecule has 4 heteroatoms. The third-order valence-corrected chi connectivity index (χ3v) is 4.92. The number of thiophene rings is 1. The molecule has 0 spiro atoms. The summed E-state index contributed by atoms with van der Waals surface area (Å²) in [5.74, 6) is 0.829. The Bertz CT molecular complexity index is 268. The van der Waals surface area contributed by atoms with Gasteiger partial charge in [-0.05, 0) is 37.4 Å². The van der Waals surface area contributed by atoms with Crippen LogP contribution in [-0.4, -0.2) is 29.5 Å². The van der Waals surface area contributed by atoms with Gasteiger partial charge in [0.1, 0.15) is 0 Å². The van der Waals surface area contributed by atoms with Gasteiger partial charge in [0.25, 0.3) is 0 Å². The summed E-state index contributed by atoms with van der Waals surface area (Å²) >= 11 is 3.52. The third-order valence-electron chi connectivity index (χ3n) is 2.51. The van der Waals surface area contributed by atoms with Gasteiger partial charge in [-0.2, -0.15) is 0 Å². The van der Waals surface area contributed by atoms with E-state index in [9.17, 15) is 5.11 Å². The van der Waals surface area contributed by atoms with Crippen molar-refractivity contribution in [3.8, 4) is 0 Å². The Morgan fingerprint density at radius 1 is 1.50 bits per heavy atom. The predicted molar refractivity (Wildman–Crippen MR) is 62.1 cm³/mol. The number of piperidine rings is 1. The van der Waals surface area contributed by atoms with Gasteiger partial charge in [-0.1, -0.05) is 6.07 Å². The van der Waals surface area contributed by atoms with Gasteiger partial charge in [0.2, 0.25) is 0 Å². The van der Waals surface area contributed by atoms with Crippen molar-refractivity contribution in [3.05, 3.63) is 17.5 Å². The Morgan fingerprint density at radius 2 is 2.29 bits per heavy atom. The van der Waals surface area contributed by atoms with Crippen molar-refractivity contribution in [2.24, 2.45) is 0 Å². The van der Waals surface area contributed by atoms with Gasteiger partial charge >= 0.3 is 0 Å². The number of hydrogen-bond donors (Lipinski definition) is 2. The molecule has 1 aliphatic heterocycles. The second-order valence-electron chi connectivity index (χ2n) is 3.70. The summed E-state index contributed by atoms with van der Waals surface area (Å²) < 4.78 is 1.30. The summed E-state index contributed by atoms with van der Waals surface area (Å²) in [6, 6.07) is 4.17. The van der Waals surface area contributed by atoms with Gasteiger partial charge in [0.15, 0.2) is 0 Å². The second kappa shape index (κ2) is 4.66. The highest BCUT2D eigenvalue weighted by molar-refractivity contribution is 8.01. The molecule has 2 heterocycles. The highest BCUT2D eigenvalue weighted by atomic mass is 32.2. The van der Waals surface area contributed by atoms with Crippen LogP contribution in [0.1, 0.15) is 12.8 Å². The summed E-state index contributed by atoms with van der Waals surface area (Å²) in [7, 11) is 0. The molecule has 2 N–H and O–H groups in total. The predicted octanol–water partition coefficient (Wildman–Crippen LogP) is 1.95. The Morgan fingerprint density at radius 3 is 2.93 bits per heavy atom. The maximum Gasteiger partial charge on any atom is 0.0765 e. The average Bonchev–Trinajstić information content (AvgIpc) is 2.69. The molecule has 14 heavy (non-hydrogen) atoms. The van der Waals surface area contributed by atoms with E-state index in [0.717, 1.165) is 31.7 Å². The summed E-state index contributed by atoms with van der Waals surface area (Å²) in [4.78, 5) is 0. The van der Waals surface area contributed by atoms with E-state index in [1.807, 2.05) is 0 Å². The summed E-state index contributed by atoms with van der Waals surface area (Å²) in [6.07, 6.45) is 1.76. The normalized spacial score (nSPS) is 20.9. The van der Waals surface area contributed by atoms with Crippen molar-refractivity contribution in [2.45, 2.75) is 22.7 Å². The lowest BCUT2D eigenvalue weighted by Crippen LogP contribution is -2.43. The molecule has 1 aliphatic rings. The zero-order valence-corrected chi connectivity index (χ0v) is 9.66. The third kappa shape index (κ3) is 2.73. The van der Waals surface area contributed by atoms with E-state index in [1.54, 1.807) is 23.1 Å². The minimum atomic E-state index is -0.445. The minimum Gasteiger partial charge on any atom is -0.389 e. The smallest absolute Gasteiger partial charge is 0.0765 e. The zero-order chi connectivity index (χ0) is 9.86. The lowest BCUT2D eigenvalue weighted by Gasteiger charge is -2.31. The summed E-state index contributed by atoms with van der Waals surface area (Å²) in [5, 5.41) is 15.6. The number of aliphatic hydroxyl groups is 1. The monoisotopic (exact) mass is 229 g/mol. The fourth-order valence-electron chi connectivity index (χ4n) is 1.59. The first-order valence-corrected chi connectivity index (χ1v) is 6.74. The van der Waals surface area contributed by atoms with Crippen molar-refractivity contribution >= 4 is 23.1 Å². The molecule has 1 saturated heterocycles. The number of rotatable bonds is 3. The maximum absolute atomic E-state index is 10.2. The van der Waals surface area contributed by atoms with E-state index in [4.69, 9.17) is 0 Å². The molecule has 0 amide bonds. The fraction of sp³-hybridized carbons (Fsp3) is 0.600. The van der Waals surface area contributed by atoms with Crippen LogP contribution < -0.4 is 5.32 Å². The van der Waals surface area contributed by atoms with Crippen molar-refractivity contribution in [3.63, 3.8) is 0 Å². The molecule has 1 aromatic rings. The van der Waals surface area contributed by atoms with Gasteiger partial charge in [0.05, 0.1) is 9.81 Å². The SMILES string of the molecule is OC1(CSc2cccs2)CCNCC1. The quantitative estimate of drug-likeness (QED) is 0.777. The topological polar surface area (TPSA) is 32.3 Å². The first-order chi connectivity index (χ1) is 6.79. The van der Waals surface area contributed by atoms with E-state index >= 15 is 0 Å². The summed E-state index contributed by atoms with van der Waals surface area (Å²) in [5.41, 5.74) is -0.445. The first-order valence-electron chi connectivity index (χ1n) is 4.88. The first kappa shape index (κ1) is 10.5. The van der Waals surface area contributed by atoms with Crippen LogP contribution in [-0.2, 0) is 0 Å². The molecule has 0 saturated carbocycles. The van der Waals surface area contributed by atoms with Gasteiger partial charge in [-0.15, -0.1) is 23.1 Å². The molecule has 2 rings (SSSR count). The Hall–Kier alpha value is -0.0300. The fourth-order valence-corrected chi connectivity index (χ4v) is 3.53. The average molecular weight is 229 g/mol. The van der Waals surface area contributed by atoms with Crippen molar-refractivity contribution in [2.75, 3.05) is 18.8 Å². The van der Waals surface area contributed by atoms with Crippen molar-refractivity contribution < 1.29 is 5.11 Å². The number of hydrogen-bond acceptors (Lipinski definition) is 4. The van der Waals surface area contributed by atoms with Crippen LogP contribution in [0.2, 0.25) is 0 Å². The van der Waals surface area contributed by atoms with Crippen LogP contribution >= 0.6 is 23.1 Å².